The molecule has 0 N–H and O–H groups in total. The Kier molecular flexibility index (Phi) is 4.58. The molecule has 0 bridgehead atoms. The highest BCUT2D eigenvalue weighted by molar-refractivity contribution is 7.13. The number of hydrogen-bond donors (Lipinski definition) is 0. The van der Waals surface area contributed by atoms with Gasteiger partial charge in [-0.05, 0) is 17.0 Å². The van der Waals surface area contributed by atoms with Gasteiger partial charge in [-0.1, -0.05) is 5.16 Å². The maximum Gasteiger partial charge on any atom is 0.361 e. The second-order valence-electron chi connectivity index (χ2n) is 2.52. The van der Waals surface area contributed by atoms with Crippen LogP contribution in [-0.2, 0) is 20.2 Å². The average molecular weight is 248 g/mol. The Bertz CT molecular complexity index is 375. The molecule has 1 aromatic heterocycles. The molecule has 0 spiro atoms. The summed E-state index contributed by atoms with van der Waals surface area (Å²) in [6, 6.07) is 1.83. The predicted molar refractivity (Wildman–Crippen MR) is 59.4 cm³/mol. The van der Waals surface area contributed by atoms with Crippen molar-refractivity contribution in [1.82, 2.24) is 0 Å². The Labute approximate surface area is 96.4 Å². The zero-order chi connectivity index (χ0) is 11.3. The van der Waals surface area contributed by atoms with Crippen molar-refractivity contribution in [3.05, 3.63) is 21.9 Å². The van der Waals surface area contributed by atoms with Crippen LogP contribution < -0.4 is 0 Å². The van der Waals surface area contributed by atoms with Crippen molar-refractivity contribution in [2.45, 2.75) is 5.88 Å². The fourth-order valence-corrected chi connectivity index (χ4v) is 2.20. The number of rotatable bonds is 4. The Morgan fingerprint density at radius 3 is 2.87 bits per heavy atom. The number of carbonyl (C=O) groups excluding carboxylic acids is 1. The lowest BCUT2D eigenvalue weighted by molar-refractivity contribution is -0.132. The van der Waals surface area contributed by atoms with Crippen LogP contribution >= 0.6 is 22.9 Å². The number of esters is 1. The van der Waals surface area contributed by atoms with Crippen molar-refractivity contribution in [1.29, 1.82) is 0 Å². The first-order valence-corrected chi connectivity index (χ1v) is 5.48. The van der Waals surface area contributed by atoms with E-state index < -0.39 is 5.97 Å². The summed E-state index contributed by atoms with van der Waals surface area (Å²) in [5.74, 6) is -0.218. The van der Waals surface area contributed by atoms with Gasteiger partial charge >= 0.3 is 5.97 Å². The minimum absolute atomic E-state index is 0.144. The topological polar surface area (TPSA) is 47.9 Å². The molecule has 0 aliphatic carbocycles. The lowest BCUT2D eigenvalue weighted by atomic mass is 10.2. The summed E-state index contributed by atoms with van der Waals surface area (Å²) in [6.45, 7) is 0. The number of thiophene rings is 1. The van der Waals surface area contributed by atoms with Gasteiger partial charge in [-0.25, -0.2) is 4.79 Å². The molecular formula is C9H10ClNO3S. The lowest BCUT2D eigenvalue weighted by Crippen LogP contribution is -2.17. The van der Waals surface area contributed by atoms with Gasteiger partial charge in [-0.15, -0.1) is 22.9 Å². The fourth-order valence-electron chi connectivity index (χ4n) is 1.01. The van der Waals surface area contributed by atoms with E-state index in [1.54, 1.807) is 0 Å². The molecule has 0 atom stereocenters. The average Bonchev–Trinajstić information content (AvgIpc) is 2.72. The van der Waals surface area contributed by atoms with Crippen molar-refractivity contribution in [3.63, 3.8) is 0 Å². The van der Waals surface area contributed by atoms with Crippen LogP contribution in [0, 0.1) is 0 Å². The molecule has 4 nitrogen and oxygen atoms in total. The molecule has 0 unspecified atom stereocenters. The highest BCUT2D eigenvalue weighted by atomic mass is 35.5. The van der Waals surface area contributed by atoms with Gasteiger partial charge in [0.25, 0.3) is 0 Å². The summed E-state index contributed by atoms with van der Waals surface area (Å²) in [5.41, 5.74) is 0.980. The molecule has 0 aliphatic rings. The largest absolute Gasteiger partial charge is 0.464 e. The highest BCUT2D eigenvalue weighted by Gasteiger charge is 2.20. The van der Waals surface area contributed by atoms with Crippen LogP contribution in [0.15, 0.2) is 16.6 Å². The van der Waals surface area contributed by atoms with Crippen LogP contribution in [0.4, 0.5) is 0 Å². The Morgan fingerprint density at radius 1 is 1.60 bits per heavy atom. The van der Waals surface area contributed by atoms with E-state index in [2.05, 4.69) is 14.7 Å². The molecule has 0 saturated carbocycles. The zero-order valence-electron chi connectivity index (χ0n) is 8.32. The van der Waals surface area contributed by atoms with E-state index in [0.29, 0.717) is 10.8 Å². The number of hydrogen-bond acceptors (Lipinski definition) is 5. The monoisotopic (exact) mass is 247 g/mol. The number of methoxy groups -OCH3 is 1. The SMILES string of the molecule is CON=C(C(=O)OC)c1sccc1CCl. The van der Waals surface area contributed by atoms with Crippen LogP contribution in [0.3, 0.4) is 0 Å². The van der Waals surface area contributed by atoms with Crippen molar-refractivity contribution in [2.24, 2.45) is 5.16 Å². The smallest absolute Gasteiger partial charge is 0.361 e. The fraction of sp³-hybridized carbons (Fsp3) is 0.333. The third-order valence-electron chi connectivity index (χ3n) is 1.67. The molecule has 15 heavy (non-hydrogen) atoms. The minimum Gasteiger partial charge on any atom is -0.464 e. The molecule has 0 fully saturated rings. The number of oxime groups is 1. The van der Waals surface area contributed by atoms with Gasteiger partial charge in [0.15, 0.2) is 0 Å². The van der Waals surface area contributed by atoms with Crippen LogP contribution in [0.5, 0.6) is 0 Å². The number of ether oxygens (including phenoxy) is 1. The van der Waals surface area contributed by atoms with Crippen LogP contribution in [0.2, 0.25) is 0 Å². The van der Waals surface area contributed by atoms with Crippen molar-refractivity contribution in [2.75, 3.05) is 14.2 Å². The minimum atomic E-state index is -0.536. The van der Waals surface area contributed by atoms with E-state index in [0.717, 1.165) is 5.56 Å². The van der Waals surface area contributed by atoms with Crippen molar-refractivity contribution >= 4 is 34.6 Å². The standard InChI is InChI=1S/C9H10ClNO3S/c1-13-9(12)7(11-14-2)8-6(5-10)3-4-15-8/h3-4H,5H2,1-2H3. The normalized spacial score (nSPS) is 11.3. The molecule has 0 radical (unpaired) electrons. The molecule has 0 aliphatic heterocycles. The summed E-state index contributed by atoms with van der Waals surface area (Å²) < 4.78 is 4.60. The summed E-state index contributed by atoms with van der Waals surface area (Å²) in [6.07, 6.45) is 0. The molecule has 82 valence electrons. The molecule has 0 saturated heterocycles. The Morgan fingerprint density at radius 2 is 2.33 bits per heavy atom. The van der Waals surface area contributed by atoms with Crippen molar-refractivity contribution in [3.8, 4) is 0 Å². The third kappa shape index (κ3) is 2.70. The summed E-state index contributed by atoms with van der Waals surface area (Å²) in [5, 5.41) is 5.47. The predicted octanol–water partition coefficient (Wildman–Crippen LogP) is 2.01. The quantitative estimate of drug-likeness (QED) is 0.354. The first-order valence-electron chi connectivity index (χ1n) is 4.06. The van der Waals surface area contributed by atoms with Crippen LogP contribution in [0.1, 0.15) is 10.4 Å². The molecule has 0 aromatic carbocycles. The van der Waals surface area contributed by atoms with Crippen LogP contribution in [0.25, 0.3) is 0 Å². The molecule has 0 amide bonds. The van der Waals surface area contributed by atoms with Crippen LogP contribution in [-0.4, -0.2) is 25.9 Å². The van der Waals surface area contributed by atoms with Gasteiger partial charge in [0.05, 0.1) is 12.0 Å². The number of halogens is 1. The lowest BCUT2D eigenvalue weighted by Gasteiger charge is -2.02. The van der Waals surface area contributed by atoms with E-state index >= 15 is 0 Å². The van der Waals surface area contributed by atoms with Gasteiger partial charge in [-0.3, -0.25) is 0 Å². The van der Waals surface area contributed by atoms with Crippen molar-refractivity contribution < 1.29 is 14.4 Å². The Hall–Kier alpha value is -1.07. The number of alkyl halides is 1. The third-order valence-corrected chi connectivity index (χ3v) is 2.92. The van der Waals surface area contributed by atoms with E-state index in [1.807, 2.05) is 11.4 Å². The molecule has 1 heterocycles. The Balaban J connectivity index is 3.10. The maximum absolute atomic E-state index is 11.4. The summed E-state index contributed by atoms with van der Waals surface area (Å²) in [4.78, 5) is 16.7. The second kappa shape index (κ2) is 5.72. The number of carbonyl (C=O) groups is 1. The second-order valence-corrected chi connectivity index (χ2v) is 3.71. The van der Waals surface area contributed by atoms with Gasteiger partial charge in [0, 0.05) is 5.88 Å². The molecular weight excluding hydrogens is 238 g/mol. The summed E-state index contributed by atoms with van der Waals surface area (Å²) in [7, 11) is 2.67. The van der Waals surface area contributed by atoms with E-state index in [1.165, 1.54) is 25.6 Å². The molecule has 1 rings (SSSR count). The van der Waals surface area contributed by atoms with E-state index in [-0.39, 0.29) is 5.71 Å². The molecule has 6 heteroatoms. The van der Waals surface area contributed by atoms with Gasteiger partial charge in [-0.2, -0.15) is 0 Å². The van der Waals surface area contributed by atoms with Gasteiger partial charge in [0.2, 0.25) is 5.71 Å². The van der Waals surface area contributed by atoms with E-state index in [9.17, 15) is 4.79 Å². The van der Waals surface area contributed by atoms with E-state index in [4.69, 9.17) is 11.6 Å². The highest BCUT2D eigenvalue weighted by Crippen LogP contribution is 2.20. The first kappa shape index (κ1) is 12.0. The maximum atomic E-state index is 11.4. The van der Waals surface area contributed by atoms with Gasteiger partial charge in [0.1, 0.15) is 7.11 Å². The summed E-state index contributed by atoms with van der Waals surface area (Å²) >= 11 is 7.09. The molecule has 1 aromatic rings. The first-order chi connectivity index (χ1) is 7.24. The number of nitrogens with zero attached hydrogens (tertiary/aromatic N) is 1. The van der Waals surface area contributed by atoms with Gasteiger partial charge < -0.3 is 9.57 Å². The zero-order valence-corrected chi connectivity index (χ0v) is 9.89.